The van der Waals surface area contributed by atoms with Gasteiger partial charge in [-0.1, -0.05) is 6.92 Å². The van der Waals surface area contributed by atoms with Crippen molar-refractivity contribution in [1.29, 1.82) is 5.26 Å². The highest BCUT2D eigenvalue weighted by Crippen LogP contribution is 2.58. The lowest BCUT2D eigenvalue weighted by atomic mass is 10.0. The summed E-state index contributed by atoms with van der Waals surface area (Å²) in [5.74, 6) is 0. The molecule has 1 aliphatic carbocycles. The fourth-order valence-corrected chi connectivity index (χ4v) is 1.03. The maximum atomic E-state index is 12.3. The molecular weight excluding hydrogens is 233 g/mol. The molecule has 0 atom stereocenters. The Kier molecular flexibility index (Phi) is 5.89. The second-order valence-electron chi connectivity index (χ2n) is 3.69. The number of nitriles is 1. The van der Waals surface area contributed by atoms with Gasteiger partial charge in [-0.15, -0.1) is 0 Å². The number of halogens is 3. The van der Waals surface area contributed by atoms with Gasteiger partial charge in [-0.2, -0.15) is 18.4 Å². The van der Waals surface area contributed by atoms with Crippen molar-refractivity contribution >= 4 is 6.29 Å². The number of carbonyl (C=O) groups is 1. The number of nitrogens with one attached hydrogen (secondary N) is 1. The van der Waals surface area contributed by atoms with Gasteiger partial charge in [0.25, 0.3) is 0 Å². The molecule has 17 heavy (non-hydrogen) atoms. The van der Waals surface area contributed by atoms with E-state index in [1.54, 1.807) is 0 Å². The molecule has 0 saturated heterocycles. The van der Waals surface area contributed by atoms with Crippen molar-refractivity contribution in [3.63, 3.8) is 0 Å². The highest BCUT2D eigenvalue weighted by Gasteiger charge is 2.61. The number of alkyl halides is 3. The number of aldehydes is 1. The van der Waals surface area contributed by atoms with Crippen LogP contribution in [0.2, 0.25) is 0 Å². The summed E-state index contributed by atoms with van der Waals surface area (Å²) in [4.78, 5) is 10.1. The third kappa shape index (κ3) is 4.57. The SMILES string of the molecule is CCNC.N#C/C(C=O)=C\C1(C(F)(F)F)CC1. The Morgan fingerprint density at radius 2 is 2.00 bits per heavy atom. The molecule has 0 aromatic heterocycles. The molecule has 0 aromatic carbocycles. The van der Waals surface area contributed by atoms with Crippen molar-refractivity contribution in [3.8, 4) is 6.07 Å². The summed E-state index contributed by atoms with van der Waals surface area (Å²) in [6, 6.07) is 1.41. The fraction of sp³-hybridized carbons (Fsp3) is 0.636. The molecule has 1 aliphatic rings. The quantitative estimate of drug-likeness (QED) is 0.473. The van der Waals surface area contributed by atoms with Crippen molar-refractivity contribution in [1.82, 2.24) is 5.32 Å². The molecular formula is C11H15F3N2O. The molecule has 0 bridgehead atoms. The van der Waals surface area contributed by atoms with Crippen molar-refractivity contribution in [2.75, 3.05) is 13.6 Å². The lowest BCUT2D eigenvalue weighted by molar-refractivity contribution is -0.171. The highest BCUT2D eigenvalue weighted by molar-refractivity contribution is 5.79. The van der Waals surface area contributed by atoms with Gasteiger partial charge in [-0.05, 0) is 32.5 Å². The van der Waals surface area contributed by atoms with Gasteiger partial charge < -0.3 is 5.32 Å². The minimum absolute atomic E-state index is 0.0322. The Balaban J connectivity index is 0.000000557. The summed E-state index contributed by atoms with van der Waals surface area (Å²) >= 11 is 0. The van der Waals surface area contributed by atoms with Gasteiger partial charge in [0.05, 0.1) is 11.0 Å². The molecule has 3 nitrogen and oxygen atoms in total. The Morgan fingerprint density at radius 1 is 1.53 bits per heavy atom. The van der Waals surface area contributed by atoms with Crippen molar-refractivity contribution < 1.29 is 18.0 Å². The second-order valence-corrected chi connectivity index (χ2v) is 3.69. The average molecular weight is 248 g/mol. The normalized spacial score (nSPS) is 17.5. The molecule has 0 aromatic rings. The van der Waals surface area contributed by atoms with Crippen LogP contribution >= 0.6 is 0 Å². The number of allylic oxidation sites excluding steroid dienone is 2. The molecule has 96 valence electrons. The number of carbonyl (C=O) groups excluding carboxylic acids is 1. The molecule has 1 rings (SSSR count). The van der Waals surface area contributed by atoms with Crippen LogP contribution in [-0.4, -0.2) is 26.1 Å². The van der Waals surface area contributed by atoms with Crippen LogP contribution in [0.1, 0.15) is 19.8 Å². The Hall–Kier alpha value is -1.35. The van der Waals surface area contributed by atoms with E-state index in [4.69, 9.17) is 5.26 Å². The predicted octanol–water partition coefficient (Wildman–Crippen LogP) is 2.20. The van der Waals surface area contributed by atoms with E-state index in [9.17, 15) is 18.0 Å². The number of rotatable bonds is 3. The zero-order valence-electron chi connectivity index (χ0n) is 9.77. The largest absolute Gasteiger partial charge is 0.397 e. The second kappa shape index (κ2) is 6.40. The Bertz CT molecular complexity index is 323. The highest BCUT2D eigenvalue weighted by atomic mass is 19.4. The first-order valence-corrected chi connectivity index (χ1v) is 5.16. The molecule has 0 unspecified atom stereocenters. The summed E-state index contributed by atoms with van der Waals surface area (Å²) in [7, 11) is 1.93. The first kappa shape index (κ1) is 15.7. The van der Waals surface area contributed by atoms with Crippen LogP contribution in [0, 0.1) is 16.7 Å². The van der Waals surface area contributed by atoms with Gasteiger partial charge in [0.15, 0.2) is 6.29 Å². The van der Waals surface area contributed by atoms with Crippen LogP contribution in [0.15, 0.2) is 11.6 Å². The van der Waals surface area contributed by atoms with E-state index in [0.29, 0.717) is 0 Å². The van der Waals surface area contributed by atoms with Crippen LogP contribution in [0.25, 0.3) is 0 Å². The summed E-state index contributed by atoms with van der Waals surface area (Å²) in [6.45, 7) is 3.14. The van der Waals surface area contributed by atoms with E-state index in [2.05, 4.69) is 12.2 Å². The Labute approximate surface area is 98.3 Å². The molecule has 0 amide bonds. The Morgan fingerprint density at radius 3 is 2.18 bits per heavy atom. The minimum Gasteiger partial charge on any atom is -0.320 e. The van der Waals surface area contributed by atoms with E-state index < -0.39 is 17.2 Å². The molecule has 1 fully saturated rings. The predicted molar refractivity (Wildman–Crippen MR) is 57.1 cm³/mol. The lowest BCUT2D eigenvalue weighted by Crippen LogP contribution is -2.22. The molecule has 0 radical (unpaired) electrons. The summed E-state index contributed by atoms with van der Waals surface area (Å²) in [6.07, 6.45) is -3.55. The van der Waals surface area contributed by atoms with Gasteiger partial charge in [-0.3, -0.25) is 4.79 Å². The van der Waals surface area contributed by atoms with Gasteiger partial charge in [0.2, 0.25) is 0 Å². The van der Waals surface area contributed by atoms with Crippen molar-refractivity contribution in [2.45, 2.75) is 25.9 Å². The summed E-state index contributed by atoms with van der Waals surface area (Å²) < 4.78 is 36.8. The van der Waals surface area contributed by atoms with E-state index >= 15 is 0 Å². The third-order valence-electron chi connectivity index (χ3n) is 2.39. The summed E-state index contributed by atoms with van der Waals surface area (Å²) in [5.41, 5.74) is -2.35. The number of nitrogens with zero attached hydrogens (tertiary/aromatic N) is 1. The van der Waals surface area contributed by atoms with Crippen molar-refractivity contribution in [3.05, 3.63) is 11.6 Å². The first-order valence-electron chi connectivity index (χ1n) is 5.16. The van der Waals surface area contributed by atoms with Crippen molar-refractivity contribution in [2.24, 2.45) is 5.41 Å². The van der Waals surface area contributed by atoms with Gasteiger partial charge in [0, 0.05) is 0 Å². The van der Waals surface area contributed by atoms with E-state index in [0.717, 1.165) is 12.6 Å². The van der Waals surface area contributed by atoms with Crippen LogP contribution in [-0.2, 0) is 4.79 Å². The lowest BCUT2D eigenvalue weighted by Gasteiger charge is -2.14. The average Bonchev–Trinajstić information content (AvgIpc) is 3.06. The monoisotopic (exact) mass is 248 g/mol. The first-order chi connectivity index (χ1) is 7.86. The summed E-state index contributed by atoms with van der Waals surface area (Å²) in [5, 5.41) is 11.2. The molecule has 1 N–H and O–H groups in total. The van der Waals surface area contributed by atoms with Crippen LogP contribution in [0.5, 0.6) is 0 Å². The van der Waals surface area contributed by atoms with Gasteiger partial charge in [-0.25, -0.2) is 0 Å². The molecule has 0 heterocycles. The molecule has 0 spiro atoms. The maximum Gasteiger partial charge on any atom is 0.397 e. The van der Waals surface area contributed by atoms with E-state index in [-0.39, 0.29) is 19.1 Å². The zero-order valence-corrected chi connectivity index (χ0v) is 9.77. The smallest absolute Gasteiger partial charge is 0.320 e. The van der Waals surface area contributed by atoms with Crippen LogP contribution < -0.4 is 5.32 Å². The number of hydrogen-bond donors (Lipinski definition) is 1. The van der Waals surface area contributed by atoms with Crippen LogP contribution in [0.3, 0.4) is 0 Å². The van der Waals surface area contributed by atoms with Gasteiger partial charge in [0.1, 0.15) is 6.07 Å². The standard InChI is InChI=1S/C8H6F3NO.C3H9N/c9-8(10,11)7(1-2-7)3-6(4-12)5-13;1-3-4-2/h3,5H,1-2H2;4H,3H2,1-2H3/b6-3+;. The van der Waals surface area contributed by atoms with E-state index in [1.807, 2.05) is 7.05 Å². The molecule has 6 heteroatoms. The van der Waals surface area contributed by atoms with Gasteiger partial charge >= 0.3 is 6.18 Å². The zero-order chi connectivity index (χ0) is 13.5. The molecule has 1 saturated carbocycles. The molecule has 0 aliphatic heterocycles. The number of hydrogen-bond acceptors (Lipinski definition) is 3. The van der Waals surface area contributed by atoms with E-state index in [1.165, 1.54) is 6.07 Å². The third-order valence-corrected chi connectivity index (χ3v) is 2.39. The maximum absolute atomic E-state index is 12.3. The fourth-order valence-electron chi connectivity index (χ4n) is 1.03. The van der Waals surface area contributed by atoms with Crippen LogP contribution in [0.4, 0.5) is 13.2 Å². The topological polar surface area (TPSA) is 52.9 Å². The minimum atomic E-state index is -4.35.